The summed E-state index contributed by atoms with van der Waals surface area (Å²) in [6, 6.07) is 5.25. The SMILES string of the molecule is Cc1ccc(SN2CC(NC(=O)c3sc4nnc(C)c(C)c4c3N)C2)cc1F. The molecule has 1 aliphatic heterocycles. The molecule has 1 aliphatic rings. The second-order valence-electron chi connectivity index (χ2n) is 6.96. The topological polar surface area (TPSA) is 84.1 Å². The number of aryl methyl sites for hydroxylation is 3. The van der Waals surface area contributed by atoms with Crippen LogP contribution in [-0.2, 0) is 0 Å². The van der Waals surface area contributed by atoms with Crippen molar-refractivity contribution in [1.29, 1.82) is 0 Å². The van der Waals surface area contributed by atoms with Crippen LogP contribution in [0.25, 0.3) is 10.2 Å². The quantitative estimate of drug-likeness (QED) is 0.633. The molecule has 0 unspecified atom stereocenters. The number of fused-ring (bicyclic) bond motifs is 1. The molecule has 146 valence electrons. The molecule has 3 heterocycles. The molecule has 1 amide bonds. The van der Waals surface area contributed by atoms with Gasteiger partial charge in [-0.2, -0.15) is 5.10 Å². The third-order valence-corrected chi connectivity index (χ3v) is 7.01. The van der Waals surface area contributed by atoms with E-state index < -0.39 is 0 Å². The van der Waals surface area contributed by atoms with Crippen molar-refractivity contribution in [2.24, 2.45) is 0 Å². The Bertz CT molecular complexity index is 1080. The van der Waals surface area contributed by atoms with E-state index in [0.717, 1.165) is 21.5 Å². The van der Waals surface area contributed by atoms with E-state index in [9.17, 15) is 9.18 Å². The zero-order valence-electron chi connectivity index (χ0n) is 15.7. The molecular formula is C19H20FN5OS2. The zero-order chi connectivity index (χ0) is 20.0. The first-order chi connectivity index (χ1) is 13.3. The van der Waals surface area contributed by atoms with Gasteiger partial charge in [0.05, 0.1) is 17.4 Å². The van der Waals surface area contributed by atoms with Crippen LogP contribution in [0.2, 0.25) is 0 Å². The average Bonchev–Trinajstić information content (AvgIpc) is 2.96. The highest BCUT2D eigenvalue weighted by Gasteiger charge is 2.30. The van der Waals surface area contributed by atoms with Gasteiger partial charge in [0.25, 0.3) is 5.91 Å². The summed E-state index contributed by atoms with van der Waals surface area (Å²) in [5.74, 6) is -0.391. The van der Waals surface area contributed by atoms with Crippen molar-refractivity contribution in [2.75, 3.05) is 18.8 Å². The number of hydrogen-bond acceptors (Lipinski definition) is 7. The smallest absolute Gasteiger partial charge is 0.263 e. The normalized spacial score (nSPS) is 15.0. The molecule has 0 aliphatic carbocycles. The molecule has 1 saturated heterocycles. The van der Waals surface area contributed by atoms with E-state index >= 15 is 0 Å². The number of nitrogens with two attached hydrogens (primary N) is 1. The van der Waals surface area contributed by atoms with Gasteiger partial charge in [0.2, 0.25) is 0 Å². The van der Waals surface area contributed by atoms with Gasteiger partial charge < -0.3 is 11.1 Å². The molecule has 6 nitrogen and oxygen atoms in total. The van der Waals surface area contributed by atoms with Gasteiger partial charge in [-0.3, -0.25) is 4.79 Å². The van der Waals surface area contributed by atoms with Crippen molar-refractivity contribution >= 4 is 45.1 Å². The summed E-state index contributed by atoms with van der Waals surface area (Å²) in [5.41, 5.74) is 9.09. The number of carbonyl (C=O) groups is 1. The molecule has 0 radical (unpaired) electrons. The number of nitrogens with one attached hydrogen (secondary N) is 1. The Labute approximate surface area is 170 Å². The van der Waals surface area contributed by atoms with Gasteiger partial charge in [-0.15, -0.1) is 16.4 Å². The van der Waals surface area contributed by atoms with E-state index in [1.54, 1.807) is 13.0 Å². The number of anilines is 1. The molecule has 0 atom stereocenters. The molecule has 9 heteroatoms. The highest BCUT2D eigenvalue weighted by molar-refractivity contribution is 7.97. The standard InChI is InChI=1S/C19H20FN5OS2/c1-9-4-5-13(6-14(9)20)28-25-7-12(8-25)22-18(26)17-16(21)15-10(2)11(3)23-24-19(15)27-17/h4-6,12H,7-8,21H2,1-3H3,(H,22,26). The van der Waals surface area contributed by atoms with Crippen LogP contribution in [0.3, 0.4) is 0 Å². The van der Waals surface area contributed by atoms with E-state index in [1.165, 1.54) is 29.4 Å². The zero-order valence-corrected chi connectivity index (χ0v) is 17.4. The fourth-order valence-corrected chi connectivity index (χ4v) is 5.14. The minimum absolute atomic E-state index is 0.0359. The Morgan fingerprint density at radius 3 is 2.79 bits per heavy atom. The Kier molecular flexibility index (Phi) is 4.98. The summed E-state index contributed by atoms with van der Waals surface area (Å²) < 4.78 is 15.7. The van der Waals surface area contributed by atoms with Crippen molar-refractivity contribution in [1.82, 2.24) is 19.8 Å². The van der Waals surface area contributed by atoms with Gasteiger partial charge in [-0.1, -0.05) is 6.07 Å². The van der Waals surface area contributed by atoms with Gasteiger partial charge in [0.1, 0.15) is 15.5 Å². The van der Waals surface area contributed by atoms with Crippen LogP contribution < -0.4 is 11.1 Å². The molecule has 1 aromatic carbocycles. The number of nitrogens with zero attached hydrogens (tertiary/aromatic N) is 3. The van der Waals surface area contributed by atoms with E-state index in [4.69, 9.17) is 5.73 Å². The molecule has 0 saturated carbocycles. The summed E-state index contributed by atoms with van der Waals surface area (Å²) in [6.45, 7) is 6.93. The summed E-state index contributed by atoms with van der Waals surface area (Å²) in [6.07, 6.45) is 0. The number of thiophene rings is 1. The third-order valence-electron chi connectivity index (χ3n) is 4.90. The van der Waals surface area contributed by atoms with Gasteiger partial charge >= 0.3 is 0 Å². The van der Waals surface area contributed by atoms with Crippen molar-refractivity contribution in [3.8, 4) is 0 Å². The lowest BCUT2D eigenvalue weighted by Crippen LogP contribution is -2.56. The largest absolute Gasteiger partial charge is 0.397 e. The highest BCUT2D eigenvalue weighted by atomic mass is 32.2. The van der Waals surface area contributed by atoms with Crippen LogP contribution in [0.4, 0.5) is 10.1 Å². The molecule has 2 aromatic heterocycles. The van der Waals surface area contributed by atoms with Gasteiger partial charge in [-0.05, 0) is 56.0 Å². The molecule has 1 fully saturated rings. The lowest BCUT2D eigenvalue weighted by atomic mass is 10.1. The van der Waals surface area contributed by atoms with E-state index in [1.807, 2.05) is 19.9 Å². The number of nitrogen functional groups attached to an aromatic ring is 1. The number of aromatic nitrogens is 2. The van der Waals surface area contributed by atoms with Gasteiger partial charge in [0, 0.05) is 23.4 Å². The predicted molar refractivity (Wildman–Crippen MR) is 111 cm³/mol. The minimum atomic E-state index is -0.204. The summed E-state index contributed by atoms with van der Waals surface area (Å²) >= 11 is 2.76. The number of carbonyl (C=O) groups excluding carboxylic acids is 1. The maximum absolute atomic E-state index is 13.7. The fourth-order valence-electron chi connectivity index (χ4n) is 3.04. The van der Waals surface area contributed by atoms with E-state index in [-0.39, 0.29) is 17.8 Å². The average molecular weight is 418 g/mol. The molecule has 0 bridgehead atoms. The van der Waals surface area contributed by atoms with Crippen LogP contribution in [0.15, 0.2) is 23.1 Å². The Morgan fingerprint density at radius 1 is 1.32 bits per heavy atom. The molecule has 3 N–H and O–H groups in total. The number of rotatable bonds is 4. The molecule has 0 spiro atoms. The molecule has 3 aromatic rings. The van der Waals surface area contributed by atoms with Gasteiger partial charge in [0.15, 0.2) is 0 Å². The first-order valence-electron chi connectivity index (χ1n) is 8.85. The predicted octanol–water partition coefficient (Wildman–Crippen LogP) is 3.46. The van der Waals surface area contributed by atoms with Crippen molar-refractivity contribution in [3.63, 3.8) is 0 Å². The first-order valence-corrected chi connectivity index (χ1v) is 10.4. The van der Waals surface area contributed by atoms with Crippen molar-refractivity contribution in [2.45, 2.75) is 31.7 Å². The second-order valence-corrected chi connectivity index (χ2v) is 9.12. The van der Waals surface area contributed by atoms with Crippen molar-refractivity contribution in [3.05, 3.63) is 45.7 Å². The van der Waals surface area contributed by atoms with E-state index in [2.05, 4.69) is 19.8 Å². The summed E-state index contributed by atoms with van der Waals surface area (Å²) in [5, 5.41) is 12.1. The van der Waals surface area contributed by atoms with E-state index in [0.29, 0.717) is 34.0 Å². The minimum Gasteiger partial charge on any atom is -0.397 e. The number of hydrogen-bond donors (Lipinski definition) is 2. The first kappa shape index (κ1) is 19.1. The maximum atomic E-state index is 13.7. The molecular weight excluding hydrogens is 397 g/mol. The Hall–Kier alpha value is -2.23. The number of halogens is 1. The third kappa shape index (κ3) is 3.45. The highest BCUT2D eigenvalue weighted by Crippen LogP contribution is 2.35. The number of amides is 1. The maximum Gasteiger partial charge on any atom is 0.263 e. The Balaban J connectivity index is 1.39. The van der Waals surface area contributed by atoms with Crippen LogP contribution in [0.5, 0.6) is 0 Å². The van der Waals surface area contributed by atoms with Gasteiger partial charge in [-0.25, -0.2) is 8.70 Å². The summed E-state index contributed by atoms with van der Waals surface area (Å²) in [4.78, 5) is 14.7. The lowest BCUT2D eigenvalue weighted by molar-refractivity contribution is 0.0906. The molecule has 4 rings (SSSR count). The molecule has 28 heavy (non-hydrogen) atoms. The fraction of sp³-hybridized carbons (Fsp3) is 0.316. The van der Waals surface area contributed by atoms with Crippen LogP contribution in [-0.4, -0.2) is 39.5 Å². The lowest BCUT2D eigenvalue weighted by Gasteiger charge is -2.38. The van der Waals surface area contributed by atoms with Crippen molar-refractivity contribution < 1.29 is 9.18 Å². The number of benzene rings is 1. The monoisotopic (exact) mass is 417 g/mol. The second kappa shape index (κ2) is 7.31. The summed E-state index contributed by atoms with van der Waals surface area (Å²) in [7, 11) is 0. The van der Waals surface area contributed by atoms with Crippen LogP contribution in [0, 0.1) is 26.6 Å². The van der Waals surface area contributed by atoms with Crippen LogP contribution in [0.1, 0.15) is 26.5 Å². The van der Waals surface area contributed by atoms with Crippen LogP contribution >= 0.6 is 23.3 Å². The Morgan fingerprint density at radius 2 is 2.07 bits per heavy atom.